The molecule has 1 unspecified atom stereocenters. The monoisotopic (exact) mass is 323 g/mol. The first kappa shape index (κ1) is 14.5. The van der Waals surface area contributed by atoms with Crippen LogP contribution in [-0.2, 0) is 16.2 Å². The van der Waals surface area contributed by atoms with Gasteiger partial charge in [-0.1, -0.05) is 54.6 Å². The van der Waals surface area contributed by atoms with Gasteiger partial charge in [0, 0.05) is 5.75 Å². The van der Waals surface area contributed by atoms with Gasteiger partial charge >= 0.3 is 0 Å². The Morgan fingerprint density at radius 3 is 2.48 bits per heavy atom. The number of nitrogens with zero attached hydrogens (tertiary/aromatic N) is 3. The van der Waals surface area contributed by atoms with E-state index in [0.29, 0.717) is 6.54 Å². The molecule has 0 aliphatic carbocycles. The summed E-state index contributed by atoms with van der Waals surface area (Å²) in [5.41, 5.74) is 3.62. The highest BCUT2D eigenvalue weighted by Crippen LogP contribution is 2.44. The van der Waals surface area contributed by atoms with Gasteiger partial charge in [-0.3, -0.25) is 0 Å². The summed E-state index contributed by atoms with van der Waals surface area (Å²) in [6.07, 6.45) is 3.30. The second kappa shape index (κ2) is 6.18. The maximum atomic E-state index is 6.12. The number of hydrogen-bond donors (Lipinski definition) is 0. The zero-order chi connectivity index (χ0) is 15.5. The van der Waals surface area contributed by atoms with E-state index in [1.165, 1.54) is 16.7 Å². The minimum atomic E-state index is -0.372. The molecule has 0 N–H and O–H groups in total. The Labute approximate surface area is 139 Å². The van der Waals surface area contributed by atoms with Crippen LogP contribution in [0.4, 0.5) is 0 Å². The van der Waals surface area contributed by atoms with Crippen molar-refractivity contribution >= 4 is 11.8 Å². The Morgan fingerprint density at radius 1 is 1.04 bits per heavy atom. The number of aromatic nitrogens is 3. The second-order valence-electron chi connectivity index (χ2n) is 5.49. The summed E-state index contributed by atoms with van der Waals surface area (Å²) in [6, 6.07) is 19.1. The van der Waals surface area contributed by atoms with Crippen molar-refractivity contribution in [3.63, 3.8) is 0 Å². The predicted octanol–water partition coefficient (Wildman–Crippen LogP) is 3.56. The van der Waals surface area contributed by atoms with Crippen LogP contribution in [0.2, 0.25) is 0 Å². The quantitative estimate of drug-likeness (QED) is 0.736. The topological polar surface area (TPSA) is 39.9 Å². The highest BCUT2D eigenvalue weighted by atomic mass is 32.2. The van der Waals surface area contributed by atoms with Gasteiger partial charge in [0.05, 0.1) is 13.2 Å². The number of thioether (sulfide) groups is 1. The average Bonchev–Trinajstić information content (AvgIpc) is 3.29. The molecule has 1 fully saturated rings. The highest BCUT2D eigenvalue weighted by Gasteiger charge is 2.38. The molecule has 1 saturated heterocycles. The lowest BCUT2D eigenvalue weighted by atomic mass is 10.0. The molecule has 1 atom stereocenters. The van der Waals surface area contributed by atoms with E-state index in [9.17, 15) is 0 Å². The van der Waals surface area contributed by atoms with Crippen LogP contribution in [0.15, 0.2) is 67.3 Å². The summed E-state index contributed by atoms with van der Waals surface area (Å²) in [5, 5.41) is 4.23. The van der Waals surface area contributed by atoms with E-state index >= 15 is 0 Å². The van der Waals surface area contributed by atoms with Crippen LogP contribution in [0.25, 0.3) is 11.1 Å². The third-order valence-electron chi connectivity index (χ3n) is 4.02. The van der Waals surface area contributed by atoms with E-state index in [1.54, 1.807) is 12.7 Å². The fraction of sp³-hybridized carbons (Fsp3) is 0.222. The van der Waals surface area contributed by atoms with Crippen LogP contribution in [0, 0.1) is 0 Å². The summed E-state index contributed by atoms with van der Waals surface area (Å²) in [5.74, 6) is 0.995. The predicted molar refractivity (Wildman–Crippen MR) is 92.0 cm³/mol. The Kier molecular flexibility index (Phi) is 3.89. The highest BCUT2D eigenvalue weighted by molar-refractivity contribution is 8.00. The average molecular weight is 323 g/mol. The molecule has 1 aromatic heterocycles. The van der Waals surface area contributed by atoms with Crippen molar-refractivity contribution in [1.82, 2.24) is 14.8 Å². The molecule has 1 aliphatic heterocycles. The van der Waals surface area contributed by atoms with Gasteiger partial charge in [0.25, 0.3) is 0 Å². The molecule has 2 aromatic carbocycles. The molecular formula is C18H17N3OS. The van der Waals surface area contributed by atoms with Crippen LogP contribution >= 0.6 is 11.8 Å². The largest absolute Gasteiger partial charge is 0.357 e. The zero-order valence-corrected chi connectivity index (χ0v) is 13.4. The number of ether oxygens (including phenoxy) is 1. The van der Waals surface area contributed by atoms with Crippen molar-refractivity contribution in [3.05, 3.63) is 72.8 Å². The molecule has 0 bridgehead atoms. The van der Waals surface area contributed by atoms with Crippen molar-refractivity contribution in [2.75, 3.05) is 12.4 Å². The maximum absolute atomic E-state index is 6.12. The summed E-state index contributed by atoms with van der Waals surface area (Å²) in [7, 11) is 0. The third-order valence-corrected chi connectivity index (χ3v) is 5.34. The Bertz CT molecular complexity index is 751. The third kappa shape index (κ3) is 2.90. The van der Waals surface area contributed by atoms with E-state index in [-0.39, 0.29) is 4.93 Å². The Morgan fingerprint density at radius 2 is 1.83 bits per heavy atom. The standard InChI is InChI=1S/C18H17N3OS/c1-2-4-15(5-3-1)16-6-8-17(9-7-16)18(22-10-11-23-18)12-21-14-19-13-20-21/h1-9,13-14H,10-12H2. The maximum Gasteiger partial charge on any atom is 0.158 e. The number of benzene rings is 2. The van der Waals surface area contributed by atoms with Crippen LogP contribution in [0.3, 0.4) is 0 Å². The second-order valence-corrected chi connectivity index (χ2v) is 6.84. The zero-order valence-electron chi connectivity index (χ0n) is 12.6. The van der Waals surface area contributed by atoms with Gasteiger partial charge in [-0.25, -0.2) is 9.67 Å². The lowest BCUT2D eigenvalue weighted by molar-refractivity contribution is 0.0330. The van der Waals surface area contributed by atoms with Gasteiger partial charge in [-0.05, 0) is 16.7 Å². The number of rotatable bonds is 4. The van der Waals surface area contributed by atoms with Crippen LogP contribution in [-0.4, -0.2) is 27.1 Å². The van der Waals surface area contributed by atoms with Crippen LogP contribution < -0.4 is 0 Å². The van der Waals surface area contributed by atoms with Crippen molar-refractivity contribution in [2.24, 2.45) is 0 Å². The molecular weight excluding hydrogens is 306 g/mol. The van der Waals surface area contributed by atoms with E-state index in [1.807, 2.05) is 22.5 Å². The number of hydrogen-bond acceptors (Lipinski definition) is 4. The summed E-state index contributed by atoms with van der Waals surface area (Å²) >= 11 is 1.83. The Hall–Kier alpha value is -2.11. The van der Waals surface area contributed by atoms with E-state index in [2.05, 4.69) is 58.6 Å². The molecule has 0 saturated carbocycles. The van der Waals surface area contributed by atoms with Crippen molar-refractivity contribution < 1.29 is 4.74 Å². The van der Waals surface area contributed by atoms with E-state index in [4.69, 9.17) is 4.74 Å². The molecule has 23 heavy (non-hydrogen) atoms. The molecule has 4 nitrogen and oxygen atoms in total. The molecule has 116 valence electrons. The fourth-order valence-electron chi connectivity index (χ4n) is 2.88. The molecule has 0 amide bonds. The molecule has 0 spiro atoms. The summed E-state index contributed by atoms with van der Waals surface area (Å²) in [4.78, 5) is 3.66. The molecule has 4 rings (SSSR count). The Balaban J connectivity index is 1.65. The van der Waals surface area contributed by atoms with E-state index in [0.717, 1.165) is 12.4 Å². The molecule has 5 heteroatoms. The fourth-order valence-corrected chi connectivity index (χ4v) is 4.07. The van der Waals surface area contributed by atoms with Gasteiger partial charge in [0.15, 0.2) is 4.93 Å². The van der Waals surface area contributed by atoms with Gasteiger partial charge in [-0.15, -0.1) is 11.8 Å². The summed E-state index contributed by atoms with van der Waals surface area (Å²) < 4.78 is 7.96. The van der Waals surface area contributed by atoms with Gasteiger partial charge in [0.1, 0.15) is 12.7 Å². The first-order chi connectivity index (χ1) is 11.4. The minimum Gasteiger partial charge on any atom is -0.357 e. The van der Waals surface area contributed by atoms with Crippen LogP contribution in [0.1, 0.15) is 5.56 Å². The molecule has 1 aliphatic rings. The van der Waals surface area contributed by atoms with Crippen molar-refractivity contribution in [1.29, 1.82) is 0 Å². The lowest BCUT2D eigenvalue weighted by Gasteiger charge is -2.27. The SMILES string of the molecule is c1ccc(-c2ccc(C3(Cn4cncn4)OCCS3)cc2)cc1. The first-order valence-electron chi connectivity index (χ1n) is 7.62. The molecule has 2 heterocycles. The smallest absolute Gasteiger partial charge is 0.158 e. The lowest BCUT2D eigenvalue weighted by Crippen LogP contribution is -2.28. The molecule has 3 aromatic rings. The first-order valence-corrected chi connectivity index (χ1v) is 8.61. The van der Waals surface area contributed by atoms with Crippen LogP contribution in [0.5, 0.6) is 0 Å². The van der Waals surface area contributed by atoms with E-state index < -0.39 is 0 Å². The van der Waals surface area contributed by atoms with Gasteiger partial charge < -0.3 is 4.74 Å². The van der Waals surface area contributed by atoms with Crippen molar-refractivity contribution in [2.45, 2.75) is 11.5 Å². The molecule has 0 radical (unpaired) electrons. The summed E-state index contributed by atoms with van der Waals surface area (Å²) in [6.45, 7) is 1.43. The van der Waals surface area contributed by atoms with Gasteiger partial charge in [0.2, 0.25) is 0 Å². The van der Waals surface area contributed by atoms with Crippen molar-refractivity contribution in [3.8, 4) is 11.1 Å². The van der Waals surface area contributed by atoms with Gasteiger partial charge in [-0.2, -0.15) is 5.10 Å². The minimum absolute atomic E-state index is 0.372. The normalized spacial score (nSPS) is 20.7.